The van der Waals surface area contributed by atoms with Crippen molar-refractivity contribution in [2.45, 2.75) is 13.0 Å². The van der Waals surface area contributed by atoms with E-state index in [4.69, 9.17) is 4.74 Å². The molecule has 0 saturated carbocycles. The summed E-state index contributed by atoms with van der Waals surface area (Å²) in [5.74, 6) is 0.455. The molecule has 2 N–H and O–H groups in total. The Morgan fingerprint density at radius 1 is 1.11 bits per heavy atom. The molecule has 11 nitrogen and oxygen atoms in total. The molecule has 190 valence electrons. The minimum Gasteiger partial charge on any atom is -0.494 e. The largest absolute Gasteiger partial charge is 0.494 e. The Balaban J connectivity index is 1.53. The van der Waals surface area contributed by atoms with Crippen LogP contribution in [-0.4, -0.2) is 79.6 Å². The predicted molar refractivity (Wildman–Crippen MR) is 139 cm³/mol. The van der Waals surface area contributed by atoms with Crippen LogP contribution in [0.15, 0.2) is 55.0 Å². The molecule has 2 aromatic carbocycles. The lowest BCUT2D eigenvalue weighted by Gasteiger charge is -2.38. The molecular weight excluding hydrogens is 474 g/mol. The van der Waals surface area contributed by atoms with E-state index in [9.17, 15) is 14.7 Å². The Morgan fingerprint density at radius 2 is 1.89 bits per heavy atom. The first kappa shape index (κ1) is 24.0. The number of nitrogens with one attached hydrogen (secondary N) is 1. The number of methoxy groups -OCH3 is 1. The lowest BCUT2D eigenvalue weighted by Crippen LogP contribution is -2.56. The highest BCUT2D eigenvalue weighted by atomic mass is 16.5. The first-order valence-electron chi connectivity index (χ1n) is 11.8. The number of hydrogen-bond donors (Lipinski definition) is 2. The van der Waals surface area contributed by atoms with Gasteiger partial charge in [-0.1, -0.05) is 30.3 Å². The number of benzene rings is 2. The molecular formula is C26H27N7O4. The third-order valence-corrected chi connectivity index (χ3v) is 6.49. The summed E-state index contributed by atoms with van der Waals surface area (Å²) in [6, 6.07) is 12.8. The summed E-state index contributed by atoms with van der Waals surface area (Å²) >= 11 is 0. The van der Waals surface area contributed by atoms with E-state index in [1.807, 2.05) is 50.5 Å². The fourth-order valence-electron chi connectivity index (χ4n) is 4.66. The number of carbonyl (C=O) groups excluding carboxylic acids is 1. The highest BCUT2D eigenvalue weighted by Gasteiger charge is 2.30. The van der Waals surface area contributed by atoms with Crippen molar-refractivity contribution in [1.29, 1.82) is 0 Å². The van der Waals surface area contributed by atoms with Crippen LogP contribution in [0, 0.1) is 0 Å². The number of anilines is 1. The Labute approximate surface area is 213 Å². The molecule has 2 aromatic heterocycles. The standard InChI is InChI=1S/C26H27N7O4/c1-16-13-32(26(35)36)9-10-33(16)25(34)29-21-11-18-20(12-22(21)37-3)27-15-28-24(18)19-14-31(2)30-23(19)17-7-5-4-6-8-17/h4-8,11-12,14-16H,9-10,13H2,1-3H3,(H,29,34)(H,35,36)/t16-/m0/s1. The lowest BCUT2D eigenvalue weighted by molar-refractivity contribution is 0.0923. The molecule has 0 unspecified atom stereocenters. The quantitative estimate of drug-likeness (QED) is 0.434. The van der Waals surface area contributed by atoms with Gasteiger partial charge >= 0.3 is 12.1 Å². The number of carboxylic acid groups (broad SMARTS) is 1. The normalized spacial score (nSPS) is 15.6. The van der Waals surface area contributed by atoms with E-state index < -0.39 is 6.09 Å². The number of piperazine rings is 1. The third-order valence-electron chi connectivity index (χ3n) is 6.49. The minimum absolute atomic E-state index is 0.249. The molecule has 1 aliphatic heterocycles. The van der Waals surface area contributed by atoms with Gasteiger partial charge in [-0.05, 0) is 13.0 Å². The summed E-state index contributed by atoms with van der Waals surface area (Å²) in [6.45, 7) is 2.62. The van der Waals surface area contributed by atoms with E-state index in [0.29, 0.717) is 29.2 Å². The molecule has 1 fully saturated rings. The number of hydrogen-bond acceptors (Lipinski definition) is 6. The van der Waals surface area contributed by atoms with Gasteiger partial charge in [0.25, 0.3) is 0 Å². The maximum absolute atomic E-state index is 13.2. The number of rotatable bonds is 4. The molecule has 0 radical (unpaired) electrons. The average Bonchev–Trinajstić information content (AvgIpc) is 3.29. The van der Waals surface area contributed by atoms with Crippen molar-refractivity contribution >= 4 is 28.7 Å². The van der Waals surface area contributed by atoms with Crippen LogP contribution in [0.2, 0.25) is 0 Å². The van der Waals surface area contributed by atoms with Crippen LogP contribution in [0.25, 0.3) is 33.4 Å². The van der Waals surface area contributed by atoms with Gasteiger partial charge < -0.3 is 25.0 Å². The molecule has 3 heterocycles. The van der Waals surface area contributed by atoms with E-state index in [1.165, 1.54) is 18.3 Å². The van der Waals surface area contributed by atoms with Crippen LogP contribution >= 0.6 is 0 Å². The monoisotopic (exact) mass is 501 g/mol. The van der Waals surface area contributed by atoms with E-state index in [0.717, 1.165) is 22.2 Å². The number of urea groups is 1. The molecule has 1 aliphatic rings. The highest BCUT2D eigenvalue weighted by molar-refractivity contribution is 6.01. The summed E-state index contributed by atoms with van der Waals surface area (Å²) in [5.41, 5.74) is 4.39. The molecule has 3 amide bonds. The topological polar surface area (TPSA) is 126 Å². The number of carbonyl (C=O) groups is 2. The summed E-state index contributed by atoms with van der Waals surface area (Å²) < 4.78 is 7.31. The molecule has 11 heteroatoms. The van der Waals surface area contributed by atoms with E-state index in [1.54, 1.807) is 21.7 Å². The maximum Gasteiger partial charge on any atom is 0.407 e. The molecule has 0 aliphatic carbocycles. The number of fused-ring (bicyclic) bond motifs is 1. The van der Waals surface area contributed by atoms with Crippen LogP contribution in [0.5, 0.6) is 5.75 Å². The zero-order valence-corrected chi connectivity index (χ0v) is 20.8. The first-order valence-corrected chi connectivity index (χ1v) is 11.8. The van der Waals surface area contributed by atoms with Gasteiger partial charge in [0, 0.05) is 61.5 Å². The second-order valence-corrected chi connectivity index (χ2v) is 8.92. The van der Waals surface area contributed by atoms with Crippen molar-refractivity contribution in [3.8, 4) is 28.3 Å². The average molecular weight is 502 g/mol. The SMILES string of the molecule is COc1cc2ncnc(-c3cn(C)nc3-c3ccccc3)c2cc1NC(=O)N1CCN(C(=O)O)C[C@@H]1C. The molecule has 1 saturated heterocycles. The highest BCUT2D eigenvalue weighted by Crippen LogP contribution is 2.37. The van der Waals surface area contributed by atoms with Crippen molar-refractivity contribution in [2.24, 2.45) is 7.05 Å². The lowest BCUT2D eigenvalue weighted by atomic mass is 10.0. The Kier molecular flexibility index (Phi) is 6.34. The number of aromatic nitrogens is 4. The van der Waals surface area contributed by atoms with Gasteiger partial charge in [0.2, 0.25) is 0 Å². The van der Waals surface area contributed by atoms with Gasteiger partial charge in [-0.3, -0.25) is 4.68 Å². The number of amides is 3. The van der Waals surface area contributed by atoms with Gasteiger partial charge in [-0.15, -0.1) is 0 Å². The molecule has 1 atom stereocenters. The van der Waals surface area contributed by atoms with Crippen molar-refractivity contribution in [2.75, 3.05) is 32.1 Å². The van der Waals surface area contributed by atoms with Crippen LogP contribution < -0.4 is 10.1 Å². The van der Waals surface area contributed by atoms with E-state index >= 15 is 0 Å². The van der Waals surface area contributed by atoms with Crippen LogP contribution in [0.1, 0.15) is 6.92 Å². The van der Waals surface area contributed by atoms with Crippen molar-refractivity contribution in [3.63, 3.8) is 0 Å². The molecule has 5 rings (SSSR count). The van der Waals surface area contributed by atoms with Crippen molar-refractivity contribution < 1.29 is 19.4 Å². The first-order chi connectivity index (χ1) is 17.9. The smallest absolute Gasteiger partial charge is 0.407 e. The molecule has 37 heavy (non-hydrogen) atoms. The van der Waals surface area contributed by atoms with Gasteiger partial charge in [0.05, 0.1) is 24.0 Å². The number of nitrogens with zero attached hydrogens (tertiary/aromatic N) is 6. The zero-order chi connectivity index (χ0) is 26.1. The van der Waals surface area contributed by atoms with Crippen LogP contribution in [0.3, 0.4) is 0 Å². The second kappa shape index (κ2) is 9.76. The second-order valence-electron chi connectivity index (χ2n) is 8.92. The summed E-state index contributed by atoms with van der Waals surface area (Å²) in [7, 11) is 3.39. The summed E-state index contributed by atoms with van der Waals surface area (Å²) in [6.07, 6.45) is 2.43. The Morgan fingerprint density at radius 3 is 2.59 bits per heavy atom. The number of aryl methyl sites for hydroxylation is 1. The Bertz CT molecular complexity index is 1470. The predicted octanol–water partition coefficient (Wildman–Crippen LogP) is 3.92. The fourth-order valence-corrected chi connectivity index (χ4v) is 4.66. The summed E-state index contributed by atoms with van der Waals surface area (Å²) in [5, 5.41) is 17.6. The minimum atomic E-state index is -0.985. The van der Waals surface area contributed by atoms with Crippen LogP contribution in [-0.2, 0) is 7.05 Å². The van der Waals surface area contributed by atoms with Crippen molar-refractivity contribution in [3.05, 3.63) is 55.0 Å². The molecule has 0 spiro atoms. The van der Waals surface area contributed by atoms with Crippen LogP contribution in [0.4, 0.5) is 15.3 Å². The van der Waals surface area contributed by atoms with Crippen molar-refractivity contribution in [1.82, 2.24) is 29.5 Å². The van der Waals surface area contributed by atoms with Gasteiger partial charge in [0.1, 0.15) is 17.8 Å². The van der Waals surface area contributed by atoms with Gasteiger partial charge in [-0.25, -0.2) is 19.6 Å². The maximum atomic E-state index is 13.2. The summed E-state index contributed by atoms with van der Waals surface area (Å²) in [4.78, 5) is 36.5. The Hall–Kier alpha value is -4.67. The van der Waals surface area contributed by atoms with E-state index in [2.05, 4.69) is 20.4 Å². The third kappa shape index (κ3) is 4.63. The molecule has 4 aromatic rings. The van der Waals surface area contributed by atoms with Gasteiger partial charge in [-0.2, -0.15) is 5.10 Å². The number of ether oxygens (including phenoxy) is 1. The fraction of sp³-hybridized carbons (Fsp3) is 0.269. The van der Waals surface area contributed by atoms with Gasteiger partial charge in [0.15, 0.2) is 0 Å². The van der Waals surface area contributed by atoms with E-state index in [-0.39, 0.29) is 25.2 Å². The zero-order valence-electron chi connectivity index (χ0n) is 20.8. The molecule has 0 bridgehead atoms.